The maximum absolute atomic E-state index is 13.0. The average Bonchev–Trinajstić information content (AvgIpc) is 3.20. The van der Waals surface area contributed by atoms with E-state index < -0.39 is 26.0 Å². The Bertz CT molecular complexity index is 1710. The van der Waals surface area contributed by atoms with Crippen LogP contribution in [-0.4, -0.2) is 40.5 Å². The Morgan fingerprint density at radius 1 is 1.00 bits per heavy atom. The molecule has 10 nitrogen and oxygen atoms in total. The molecule has 0 bridgehead atoms. The number of nitrogens with one attached hydrogen (secondary N) is 1. The van der Waals surface area contributed by atoms with Gasteiger partial charge in [-0.2, -0.15) is 4.99 Å². The highest BCUT2D eigenvalue weighted by molar-refractivity contribution is 7.92. The molecule has 0 saturated carbocycles. The lowest BCUT2D eigenvalue weighted by molar-refractivity contribution is 0.0996. The zero-order valence-corrected chi connectivity index (χ0v) is 22.1. The number of carbonyl (C=O) groups excluding carboxylic acids is 1. The first kappa shape index (κ1) is 26.7. The number of sulfonamides is 2. The fraction of sp³-hybridized carbons (Fsp3) is 0.167. The van der Waals surface area contributed by atoms with Crippen molar-refractivity contribution in [2.45, 2.75) is 23.3 Å². The second-order valence-electron chi connectivity index (χ2n) is 7.82. The summed E-state index contributed by atoms with van der Waals surface area (Å²) >= 11 is 1.15. The van der Waals surface area contributed by atoms with Crippen molar-refractivity contribution in [1.29, 1.82) is 0 Å². The number of fused-ring (bicyclic) bond motifs is 1. The normalized spacial score (nSPS) is 12.6. The Morgan fingerprint density at radius 2 is 1.70 bits per heavy atom. The molecule has 0 spiro atoms. The first-order valence-corrected chi connectivity index (χ1v) is 14.9. The Hall–Kier alpha value is -3.36. The lowest BCUT2D eigenvalue weighted by Gasteiger charge is -2.08. The highest BCUT2D eigenvalue weighted by atomic mass is 32.2. The van der Waals surface area contributed by atoms with E-state index in [4.69, 9.17) is 9.88 Å². The van der Waals surface area contributed by atoms with Crippen molar-refractivity contribution in [3.05, 3.63) is 83.2 Å². The number of benzene rings is 3. The molecular formula is C24H24N4O6S3. The highest BCUT2D eigenvalue weighted by Gasteiger charge is 2.15. The number of thiazole rings is 1. The molecule has 1 aromatic heterocycles. The summed E-state index contributed by atoms with van der Waals surface area (Å²) in [6, 6.07) is 18.3. The number of ether oxygens (including phenoxy) is 1. The van der Waals surface area contributed by atoms with E-state index in [9.17, 15) is 21.6 Å². The molecule has 194 valence electrons. The largest absolute Gasteiger partial charge is 0.380 e. The molecule has 4 aromatic rings. The summed E-state index contributed by atoms with van der Waals surface area (Å²) in [4.78, 5) is 17.7. The number of aromatic nitrogens is 1. The summed E-state index contributed by atoms with van der Waals surface area (Å²) in [6.45, 7) is 3.16. The van der Waals surface area contributed by atoms with Gasteiger partial charge in [-0.3, -0.25) is 9.52 Å². The SMILES string of the molecule is CCOCCn1c(=NC(=O)c2ccc(NS(=O)(=O)c3ccccc3)cc2)sc2cc(S(N)(=O)=O)ccc21. The van der Waals surface area contributed by atoms with E-state index in [0.717, 1.165) is 11.3 Å². The van der Waals surface area contributed by atoms with Crippen LogP contribution in [0.15, 0.2) is 87.6 Å². The monoisotopic (exact) mass is 560 g/mol. The minimum absolute atomic E-state index is 0.0374. The topological polar surface area (TPSA) is 150 Å². The smallest absolute Gasteiger partial charge is 0.279 e. The van der Waals surface area contributed by atoms with Crippen LogP contribution in [-0.2, 0) is 31.3 Å². The molecule has 3 N–H and O–H groups in total. The quantitative estimate of drug-likeness (QED) is 0.301. The van der Waals surface area contributed by atoms with Crippen LogP contribution in [0.2, 0.25) is 0 Å². The fourth-order valence-corrected chi connectivity index (χ4v) is 6.27. The van der Waals surface area contributed by atoms with Crippen molar-refractivity contribution in [2.75, 3.05) is 17.9 Å². The van der Waals surface area contributed by atoms with Gasteiger partial charge >= 0.3 is 0 Å². The van der Waals surface area contributed by atoms with E-state index in [1.807, 2.05) is 6.92 Å². The van der Waals surface area contributed by atoms with Gasteiger partial charge in [-0.15, -0.1) is 0 Å². The van der Waals surface area contributed by atoms with Crippen LogP contribution >= 0.6 is 11.3 Å². The number of nitrogens with zero attached hydrogens (tertiary/aromatic N) is 2. The summed E-state index contributed by atoms with van der Waals surface area (Å²) in [5.41, 5.74) is 1.24. The number of carbonyl (C=O) groups is 1. The third kappa shape index (κ3) is 6.32. The van der Waals surface area contributed by atoms with Gasteiger partial charge in [0.05, 0.1) is 26.6 Å². The number of hydrogen-bond donors (Lipinski definition) is 2. The summed E-state index contributed by atoms with van der Waals surface area (Å²) in [7, 11) is -7.66. The molecule has 1 heterocycles. The van der Waals surface area contributed by atoms with Crippen LogP contribution in [0.5, 0.6) is 0 Å². The molecule has 4 rings (SSSR count). The molecule has 3 aromatic carbocycles. The van der Waals surface area contributed by atoms with Gasteiger partial charge in [0.1, 0.15) is 0 Å². The van der Waals surface area contributed by atoms with Crippen molar-refractivity contribution in [1.82, 2.24) is 4.57 Å². The van der Waals surface area contributed by atoms with E-state index in [1.54, 1.807) is 28.8 Å². The number of nitrogens with two attached hydrogens (primary N) is 1. The van der Waals surface area contributed by atoms with Gasteiger partial charge < -0.3 is 9.30 Å². The maximum Gasteiger partial charge on any atom is 0.279 e. The number of anilines is 1. The van der Waals surface area contributed by atoms with Crippen molar-refractivity contribution >= 4 is 53.2 Å². The van der Waals surface area contributed by atoms with E-state index >= 15 is 0 Å². The number of hydrogen-bond acceptors (Lipinski definition) is 7. The molecule has 0 saturated heterocycles. The van der Waals surface area contributed by atoms with Gasteiger partial charge in [-0.05, 0) is 61.5 Å². The van der Waals surface area contributed by atoms with E-state index in [-0.39, 0.29) is 15.4 Å². The Morgan fingerprint density at radius 3 is 2.35 bits per heavy atom. The Balaban J connectivity index is 1.64. The van der Waals surface area contributed by atoms with Gasteiger partial charge in [0.25, 0.3) is 15.9 Å². The molecule has 13 heteroatoms. The van der Waals surface area contributed by atoms with Crippen LogP contribution in [0.4, 0.5) is 5.69 Å². The summed E-state index contributed by atoms with van der Waals surface area (Å²) in [5.74, 6) is -0.541. The Labute approximate surface area is 218 Å². The zero-order chi connectivity index (χ0) is 26.6. The van der Waals surface area contributed by atoms with Crippen LogP contribution in [0, 0.1) is 0 Å². The van der Waals surface area contributed by atoms with Gasteiger partial charge in [-0.1, -0.05) is 29.5 Å². The minimum Gasteiger partial charge on any atom is -0.380 e. The second-order valence-corrected chi connectivity index (χ2v) is 12.1. The molecule has 0 unspecified atom stereocenters. The van der Waals surface area contributed by atoms with Crippen LogP contribution in [0.25, 0.3) is 10.2 Å². The summed E-state index contributed by atoms with van der Waals surface area (Å²) in [5, 5.41) is 5.26. The predicted molar refractivity (Wildman–Crippen MR) is 141 cm³/mol. The molecular weight excluding hydrogens is 536 g/mol. The van der Waals surface area contributed by atoms with Crippen LogP contribution < -0.4 is 14.7 Å². The second kappa shape index (κ2) is 10.9. The maximum atomic E-state index is 13.0. The standard InChI is InChI=1S/C24H24N4O6S3/c1-2-34-15-14-28-21-13-12-20(36(25,30)31)16-22(21)35-24(28)26-23(29)17-8-10-18(11-9-17)27-37(32,33)19-6-4-3-5-7-19/h3-13,16,27H,2,14-15H2,1H3,(H2,25,30,31). The summed E-state index contributed by atoms with van der Waals surface area (Å²) in [6.07, 6.45) is 0. The molecule has 37 heavy (non-hydrogen) atoms. The van der Waals surface area contributed by atoms with Gasteiger partial charge in [0, 0.05) is 24.4 Å². The van der Waals surface area contributed by atoms with Gasteiger partial charge in [0.2, 0.25) is 10.0 Å². The predicted octanol–water partition coefficient (Wildman–Crippen LogP) is 2.93. The van der Waals surface area contributed by atoms with E-state index in [0.29, 0.717) is 40.5 Å². The molecule has 1 amide bonds. The summed E-state index contributed by atoms with van der Waals surface area (Å²) < 4.78 is 58.9. The number of rotatable bonds is 9. The third-order valence-corrected chi connectivity index (χ3v) is 8.63. The molecule has 0 aliphatic heterocycles. The zero-order valence-electron chi connectivity index (χ0n) is 19.7. The van der Waals surface area contributed by atoms with Crippen molar-refractivity contribution in [3.8, 4) is 0 Å². The lowest BCUT2D eigenvalue weighted by atomic mass is 10.2. The highest BCUT2D eigenvalue weighted by Crippen LogP contribution is 2.22. The number of primary sulfonamides is 1. The van der Waals surface area contributed by atoms with E-state index in [1.165, 1.54) is 48.5 Å². The third-order valence-electron chi connectivity index (χ3n) is 5.28. The number of amides is 1. The van der Waals surface area contributed by atoms with Gasteiger partial charge in [0.15, 0.2) is 4.80 Å². The minimum atomic E-state index is -3.89. The molecule has 0 aliphatic rings. The van der Waals surface area contributed by atoms with Crippen LogP contribution in [0.1, 0.15) is 17.3 Å². The molecule has 0 atom stereocenters. The lowest BCUT2D eigenvalue weighted by Crippen LogP contribution is -2.20. The van der Waals surface area contributed by atoms with E-state index in [2.05, 4.69) is 9.71 Å². The molecule has 0 aliphatic carbocycles. The van der Waals surface area contributed by atoms with Gasteiger partial charge in [-0.25, -0.2) is 22.0 Å². The first-order valence-electron chi connectivity index (χ1n) is 11.1. The molecule has 0 fully saturated rings. The fourth-order valence-electron chi connectivity index (χ4n) is 3.48. The Kier molecular flexibility index (Phi) is 7.90. The van der Waals surface area contributed by atoms with Crippen molar-refractivity contribution < 1.29 is 26.4 Å². The van der Waals surface area contributed by atoms with Crippen molar-refractivity contribution in [3.63, 3.8) is 0 Å². The average molecular weight is 561 g/mol. The van der Waals surface area contributed by atoms with Crippen LogP contribution in [0.3, 0.4) is 0 Å². The van der Waals surface area contributed by atoms with Crippen molar-refractivity contribution in [2.24, 2.45) is 10.1 Å². The first-order chi connectivity index (χ1) is 17.6. The molecule has 0 radical (unpaired) electrons.